The van der Waals surface area contributed by atoms with Crippen LogP contribution in [-0.4, -0.2) is 40.2 Å². The third-order valence-corrected chi connectivity index (χ3v) is 3.17. The van der Waals surface area contributed by atoms with Gasteiger partial charge in [-0.1, -0.05) is 0 Å². The van der Waals surface area contributed by atoms with Crippen molar-refractivity contribution in [1.82, 2.24) is 20.4 Å². The van der Waals surface area contributed by atoms with Crippen LogP contribution in [0.15, 0.2) is 12.4 Å². The van der Waals surface area contributed by atoms with Crippen LogP contribution in [0.4, 0.5) is 5.69 Å². The molecule has 0 aliphatic carbocycles. The van der Waals surface area contributed by atoms with Gasteiger partial charge in [0.25, 0.3) is 0 Å². The summed E-state index contributed by atoms with van der Waals surface area (Å²) in [6.45, 7) is 2.71. The Bertz CT molecular complexity index is 459. The topological polar surface area (TPSA) is 102 Å². The van der Waals surface area contributed by atoms with Crippen LogP contribution in [0.2, 0.25) is 0 Å². The summed E-state index contributed by atoms with van der Waals surface area (Å²) in [7, 11) is 0. The fourth-order valence-electron chi connectivity index (χ4n) is 2.11. The van der Waals surface area contributed by atoms with Gasteiger partial charge in [0.15, 0.2) is 0 Å². The molecule has 1 atom stereocenters. The van der Waals surface area contributed by atoms with Crippen molar-refractivity contribution in [3.05, 3.63) is 22.5 Å². The van der Waals surface area contributed by atoms with Crippen molar-refractivity contribution in [1.29, 1.82) is 0 Å². The smallest absolute Gasteiger partial charge is 0.307 e. The zero-order chi connectivity index (χ0) is 13.7. The Morgan fingerprint density at radius 3 is 3.05 bits per heavy atom. The minimum Gasteiger partial charge on any atom is -0.354 e. The van der Waals surface area contributed by atoms with Gasteiger partial charge in [0.1, 0.15) is 18.9 Å². The number of hydrogen-bond acceptors (Lipinski definition) is 5. The maximum Gasteiger partial charge on any atom is 0.307 e. The number of nitrogens with zero attached hydrogens (tertiary/aromatic N) is 3. The zero-order valence-electron chi connectivity index (χ0n) is 10.9. The molecular weight excluding hydrogens is 286 g/mol. The predicted molar refractivity (Wildman–Crippen MR) is 74.7 cm³/mol. The highest BCUT2D eigenvalue weighted by Gasteiger charge is 2.15. The molecule has 112 valence electrons. The van der Waals surface area contributed by atoms with E-state index in [-0.39, 0.29) is 30.5 Å². The lowest BCUT2D eigenvalue weighted by molar-refractivity contribution is -0.385. The Morgan fingerprint density at radius 2 is 2.45 bits per heavy atom. The van der Waals surface area contributed by atoms with Crippen LogP contribution in [0.5, 0.6) is 0 Å². The molecule has 2 heterocycles. The van der Waals surface area contributed by atoms with E-state index >= 15 is 0 Å². The second-order valence-electron chi connectivity index (χ2n) is 4.65. The summed E-state index contributed by atoms with van der Waals surface area (Å²) in [6.07, 6.45) is 4.50. The number of carbonyl (C=O) groups excluding carboxylic acids is 1. The molecular formula is C11H18ClN5O3. The maximum atomic E-state index is 11.6. The van der Waals surface area contributed by atoms with E-state index < -0.39 is 4.92 Å². The minimum absolute atomic E-state index is 0. The Labute approximate surface area is 122 Å². The molecule has 1 saturated heterocycles. The van der Waals surface area contributed by atoms with Crippen LogP contribution in [0, 0.1) is 16.0 Å². The normalized spacial score (nSPS) is 17.5. The van der Waals surface area contributed by atoms with E-state index in [4.69, 9.17) is 0 Å². The predicted octanol–water partition coefficient (Wildman–Crippen LogP) is 0.329. The van der Waals surface area contributed by atoms with Crippen LogP contribution in [0.3, 0.4) is 0 Å². The first-order valence-corrected chi connectivity index (χ1v) is 6.29. The van der Waals surface area contributed by atoms with Crippen LogP contribution < -0.4 is 10.6 Å². The number of nitro groups is 1. The van der Waals surface area contributed by atoms with Crippen LogP contribution >= 0.6 is 12.4 Å². The van der Waals surface area contributed by atoms with Gasteiger partial charge < -0.3 is 10.6 Å². The van der Waals surface area contributed by atoms with Gasteiger partial charge in [-0.05, 0) is 31.8 Å². The summed E-state index contributed by atoms with van der Waals surface area (Å²) in [5.41, 5.74) is -0.107. The van der Waals surface area contributed by atoms with E-state index in [1.54, 1.807) is 0 Å². The lowest BCUT2D eigenvalue weighted by Gasteiger charge is -2.09. The second-order valence-corrected chi connectivity index (χ2v) is 4.65. The Morgan fingerprint density at radius 1 is 1.65 bits per heavy atom. The van der Waals surface area contributed by atoms with Crippen molar-refractivity contribution >= 4 is 24.0 Å². The Hall–Kier alpha value is -1.67. The van der Waals surface area contributed by atoms with Crippen molar-refractivity contribution in [2.24, 2.45) is 5.92 Å². The highest BCUT2D eigenvalue weighted by atomic mass is 35.5. The lowest BCUT2D eigenvalue weighted by atomic mass is 10.1. The first-order chi connectivity index (χ1) is 9.15. The Kier molecular flexibility index (Phi) is 6.40. The van der Waals surface area contributed by atoms with E-state index in [0.717, 1.165) is 32.1 Å². The lowest BCUT2D eigenvalue weighted by Crippen LogP contribution is -2.29. The van der Waals surface area contributed by atoms with Gasteiger partial charge in [0.2, 0.25) is 5.91 Å². The molecule has 1 aliphatic rings. The number of aromatic nitrogens is 2. The summed E-state index contributed by atoms with van der Waals surface area (Å²) in [4.78, 5) is 21.5. The van der Waals surface area contributed by atoms with E-state index in [1.807, 2.05) is 0 Å². The molecule has 0 saturated carbocycles. The molecule has 8 nitrogen and oxygen atoms in total. The SMILES string of the molecule is Cl.O=C(Cn1cc([N+](=O)[O-])cn1)NCCC1CCNC1. The number of carbonyl (C=O) groups is 1. The molecule has 9 heteroatoms. The zero-order valence-corrected chi connectivity index (χ0v) is 11.8. The number of rotatable bonds is 6. The summed E-state index contributed by atoms with van der Waals surface area (Å²) >= 11 is 0. The quantitative estimate of drug-likeness (QED) is 0.582. The average Bonchev–Trinajstić information content (AvgIpc) is 3.00. The monoisotopic (exact) mass is 303 g/mol. The maximum absolute atomic E-state index is 11.6. The van der Waals surface area contributed by atoms with Gasteiger partial charge in [-0.15, -0.1) is 12.4 Å². The molecule has 0 spiro atoms. The van der Waals surface area contributed by atoms with Crippen molar-refractivity contribution in [3.63, 3.8) is 0 Å². The number of halogens is 1. The molecule has 1 aliphatic heterocycles. The van der Waals surface area contributed by atoms with E-state index in [1.165, 1.54) is 10.9 Å². The molecule has 0 aromatic carbocycles. The summed E-state index contributed by atoms with van der Waals surface area (Å²) in [6, 6.07) is 0. The third kappa shape index (κ3) is 4.78. The van der Waals surface area contributed by atoms with E-state index in [0.29, 0.717) is 12.5 Å². The molecule has 1 unspecified atom stereocenters. The van der Waals surface area contributed by atoms with Gasteiger partial charge in [0, 0.05) is 6.54 Å². The van der Waals surface area contributed by atoms with Gasteiger partial charge in [-0.2, -0.15) is 5.10 Å². The fraction of sp³-hybridized carbons (Fsp3) is 0.636. The van der Waals surface area contributed by atoms with Gasteiger partial charge in [0.05, 0.1) is 4.92 Å². The van der Waals surface area contributed by atoms with Crippen molar-refractivity contribution in [3.8, 4) is 0 Å². The second kappa shape index (κ2) is 7.81. The summed E-state index contributed by atoms with van der Waals surface area (Å²) in [5, 5.41) is 20.3. The van der Waals surface area contributed by atoms with E-state index in [9.17, 15) is 14.9 Å². The molecule has 0 bridgehead atoms. The van der Waals surface area contributed by atoms with E-state index in [2.05, 4.69) is 15.7 Å². The molecule has 1 aromatic heterocycles. The summed E-state index contributed by atoms with van der Waals surface area (Å²) in [5.74, 6) is 0.454. The van der Waals surface area contributed by atoms with Gasteiger partial charge >= 0.3 is 5.69 Å². The van der Waals surface area contributed by atoms with Crippen molar-refractivity contribution in [2.75, 3.05) is 19.6 Å². The number of nitrogens with one attached hydrogen (secondary N) is 2. The molecule has 1 aromatic rings. The van der Waals surface area contributed by atoms with Crippen LogP contribution in [-0.2, 0) is 11.3 Å². The third-order valence-electron chi connectivity index (χ3n) is 3.17. The van der Waals surface area contributed by atoms with Gasteiger partial charge in [-0.3, -0.25) is 19.6 Å². The average molecular weight is 304 g/mol. The highest BCUT2D eigenvalue weighted by molar-refractivity contribution is 5.85. The number of amides is 1. The summed E-state index contributed by atoms with van der Waals surface area (Å²) < 4.78 is 1.27. The minimum atomic E-state index is -0.533. The largest absolute Gasteiger partial charge is 0.354 e. The molecule has 2 N–H and O–H groups in total. The fourth-order valence-corrected chi connectivity index (χ4v) is 2.11. The van der Waals surface area contributed by atoms with Crippen molar-refractivity contribution < 1.29 is 9.72 Å². The standard InChI is InChI=1S/C11H17N5O3.ClH/c17-11(13-4-2-9-1-3-12-5-9)8-15-7-10(6-14-15)16(18)19;/h6-7,9,12H,1-5,8H2,(H,13,17);1H. The molecule has 2 rings (SSSR count). The number of hydrogen-bond donors (Lipinski definition) is 2. The molecule has 0 radical (unpaired) electrons. The molecule has 1 fully saturated rings. The van der Waals surface area contributed by atoms with Crippen molar-refractivity contribution in [2.45, 2.75) is 19.4 Å². The van der Waals surface area contributed by atoms with Crippen LogP contribution in [0.25, 0.3) is 0 Å². The highest BCUT2D eigenvalue weighted by Crippen LogP contribution is 2.10. The Balaban J connectivity index is 0.00000200. The van der Waals surface area contributed by atoms with Gasteiger partial charge in [-0.25, -0.2) is 0 Å². The first-order valence-electron chi connectivity index (χ1n) is 6.29. The molecule has 1 amide bonds. The first kappa shape index (κ1) is 16.4. The molecule has 20 heavy (non-hydrogen) atoms. The van der Waals surface area contributed by atoms with Crippen LogP contribution in [0.1, 0.15) is 12.8 Å².